The highest BCUT2D eigenvalue weighted by atomic mass is 35.5. The molecule has 0 saturated carbocycles. The van der Waals surface area contributed by atoms with Crippen molar-refractivity contribution in [1.29, 1.82) is 0 Å². The van der Waals surface area contributed by atoms with Crippen LogP contribution >= 0.6 is 11.6 Å². The normalized spacial score (nSPS) is 18.0. The van der Waals surface area contributed by atoms with Gasteiger partial charge < -0.3 is 14.9 Å². The van der Waals surface area contributed by atoms with E-state index in [-0.39, 0.29) is 6.61 Å². The van der Waals surface area contributed by atoms with Crippen molar-refractivity contribution >= 4 is 11.6 Å². The molecule has 1 aromatic carbocycles. The van der Waals surface area contributed by atoms with Crippen molar-refractivity contribution in [3.63, 3.8) is 0 Å². The van der Waals surface area contributed by atoms with E-state index in [4.69, 9.17) is 16.1 Å². The summed E-state index contributed by atoms with van der Waals surface area (Å²) in [7, 11) is 0. The maximum absolute atomic E-state index is 9.25. The van der Waals surface area contributed by atoms with E-state index in [1.165, 1.54) is 5.56 Å². The Balaban J connectivity index is 1.63. The third-order valence-electron chi connectivity index (χ3n) is 3.76. The van der Waals surface area contributed by atoms with Crippen molar-refractivity contribution < 1.29 is 9.63 Å². The van der Waals surface area contributed by atoms with Crippen LogP contribution in [0.25, 0.3) is 0 Å². The maximum atomic E-state index is 9.25. The lowest BCUT2D eigenvalue weighted by Gasteiger charge is -2.22. The number of nitrogens with one attached hydrogen (secondary N) is 1. The zero-order valence-corrected chi connectivity index (χ0v) is 11.9. The largest absolute Gasteiger partial charge is 0.390 e. The van der Waals surface area contributed by atoms with Crippen molar-refractivity contribution in [2.24, 2.45) is 0 Å². The van der Waals surface area contributed by atoms with Crippen LogP contribution in [-0.4, -0.2) is 16.3 Å². The summed E-state index contributed by atoms with van der Waals surface area (Å²) in [6.07, 6.45) is 2.75. The number of nitrogens with zero attached hydrogens (tertiary/aromatic N) is 1. The maximum Gasteiger partial charge on any atom is 0.140 e. The lowest BCUT2D eigenvalue weighted by molar-refractivity contribution is 0.265. The number of aromatic nitrogens is 1. The smallest absolute Gasteiger partial charge is 0.140 e. The quantitative estimate of drug-likeness (QED) is 0.909. The summed E-state index contributed by atoms with van der Waals surface area (Å²) in [6, 6.07) is 8.25. The molecule has 0 bridgehead atoms. The highest BCUT2D eigenvalue weighted by Gasteiger charge is 2.24. The monoisotopic (exact) mass is 292 g/mol. The van der Waals surface area contributed by atoms with Crippen LogP contribution in [0.4, 0.5) is 0 Å². The Hall–Kier alpha value is -1.36. The number of hydrogen-bond donors (Lipinski definition) is 2. The van der Waals surface area contributed by atoms with Gasteiger partial charge in [0.1, 0.15) is 11.5 Å². The van der Waals surface area contributed by atoms with E-state index in [1.807, 2.05) is 18.2 Å². The Bertz CT molecular complexity index is 584. The van der Waals surface area contributed by atoms with E-state index in [1.54, 1.807) is 0 Å². The second-order valence-electron chi connectivity index (χ2n) is 5.14. The van der Waals surface area contributed by atoms with Crippen LogP contribution in [0.5, 0.6) is 0 Å². The molecule has 5 heteroatoms. The Morgan fingerprint density at radius 3 is 3.15 bits per heavy atom. The molecule has 0 amide bonds. The lowest BCUT2D eigenvalue weighted by Crippen LogP contribution is -2.34. The summed E-state index contributed by atoms with van der Waals surface area (Å²) in [5.74, 6) is 0.926. The molecule has 1 heterocycles. The molecule has 0 saturated heterocycles. The van der Waals surface area contributed by atoms with Gasteiger partial charge in [0.15, 0.2) is 0 Å². The van der Waals surface area contributed by atoms with E-state index in [0.717, 1.165) is 42.2 Å². The van der Waals surface area contributed by atoms with Gasteiger partial charge in [-0.05, 0) is 30.5 Å². The first-order valence-electron chi connectivity index (χ1n) is 6.81. The fourth-order valence-electron chi connectivity index (χ4n) is 2.67. The molecular weight excluding hydrogens is 276 g/mol. The van der Waals surface area contributed by atoms with Crippen molar-refractivity contribution in [3.8, 4) is 0 Å². The minimum absolute atomic E-state index is 0.0557. The standard InChI is InChI=1S/C15H17ClN2O2/c16-11-3-1-2-10(6-11)8-17-12-4-5-15-13(7-12)14(9-19)18-20-15/h1-3,6,12,17,19H,4-5,7-9H2. The molecule has 0 radical (unpaired) electrons. The third-order valence-corrected chi connectivity index (χ3v) is 3.99. The number of rotatable bonds is 4. The van der Waals surface area contributed by atoms with E-state index >= 15 is 0 Å². The van der Waals surface area contributed by atoms with Gasteiger partial charge in [-0.15, -0.1) is 0 Å². The van der Waals surface area contributed by atoms with E-state index < -0.39 is 0 Å². The molecule has 1 aliphatic carbocycles. The van der Waals surface area contributed by atoms with Gasteiger partial charge in [0.05, 0.1) is 6.61 Å². The molecule has 1 aromatic heterocycles. The molecule has 20 heavy (non-hydrogen) atoms. The fraction of sp³-hybridized carbons (Fsp3) is 0.400. The Labute approximate surface area is 122 Å². The van der Waals surface area contributed by atoms with Crippen molar-refractivity contribution in [2.45, 2.75) is 38.5 Å². The number of aliphatic hydroxyl groups excluding tert-OH is 1. The fourth-order valence-corrected chi connectivity index (χ4v) is 2.88. The van der Waals surface area contributed by atoms with Crippen LogP contribution in [0, 0.1) is 0 Å². The summed E-state index contributed by atoms with van der Waals surface area (Å²) >= 11 is 5.98. The summed E-state index contributed by atoms with van der Waals surface area (Å²) in [4.78, 5) is 0. The SMILES string of the molecule is OCc1noc2c1CC(NCc1cccc(Cl)c1)CC2. The molecular formula is C15H17ClN2O2. The van der Waals surface area contributed by atoms with Gasteiger partial charge in [-0.2, -0.15) is 0 Å². The molecule has 0 fully saturated rings. The lowest BCUT2D eigenvalue weighted by atomic mass is 9.92. The summed E-state index contributed by atoms with van der Waals surface area (Å²) in [6.45, 7) is 0.736. The second-order valence-corrected chi connectivity index (χ2v) is 5.58. The van der Waals surface area contributed by atoms with Crippen molar-refractivity contribution in [1.82, 2.24) is 10.5 Å². The molecule has 1 unspecified atom stereocenters. The van der Waals surface area contributed by atoms with Crippen LogP contribution < -0.4 is 5.32 Å². The van der Waals surface area contributed by atoms with Crippen LogP contribution in [0.15, 0.2) is 28.8 Å². The number of hydrogen-bond acceptors (Lipinski definition) is 4. The molecule has 0 aliphatic heterocycles. The highest BCUT2D eigenvalue weighted by molar-refractivity contribution is 6.30. The third kappa shape index (κ3) is 2.87. The van der Waals surface area contributed by atoms with E-state index in [2.05, 4.69) is 16.5 Å². The van der Waals surface area contributed by atoms with Crippen molar-refractivity contribution in [3.05, 3.63) is 51.9 Å². The molecule has 106 valence electrons. The first-order chi connectivity index (χ1) is 9.76. The number of fused-ring (bicyclic) bond motifs is 1. The average molecular weight is 293 g/mol. The van der Waals surface area contributed by atoms with E-state index in [0.29, 0.717) is 11.7 Å². The van der Waals surface area contributed by atoms with Gasteiger partial charge in [0.25, 0.3) is 0 Å². The Kier molecular flexibility index (Phi) is 4.05. The van der Waals surface area contributed by atoms with Crippen molar-refractivity contribution in [2.75, 3.05) is 0 Å². The zero-order valence-electron chi connectivity index (χ0n) is 11.1. The molecule has 2 N–H and O–H groups in total. The first kappa shape index (κ1) is 13.6. The number of aryl methyl sites for hydroxylation is 1. The average Bonchev–Trinajstić information content (AvgIpc) is 2.87. The zero-order chi connectivity index (χ0) is 13.9. The molecule has 4 nitrogen and oxygen atoms in total. The van der Waals surface area contributed by atoms with Gasteiger partial charge in [0.2, 0.25) is 0 Å². The highest BCUT2D eigenvalue weighted by Crippen LogP contribution is 2.25. The minimum atomic E-state index is -0.0557. The second kappa shape index (κ2) is 5.95. The van der Waals surface area contributed by atoms with Gasteiger partial charge in [0, 0.05) is 29.6 Å². The van der Waals surface area contributed by atoms with Gasteiger partial charge in [-0.25, -0.2) is 0 Å². The summed E-state index contributed by atoms with van der Waals surface area (Å²) in [5, 5.41) is 17.5. The number of halogens is 1. The molecule has 3 rings (SSSR count). The number of benzene rings is 1. The van der Waals surface area contributed by atoms with Gasteiger partial charge >= 0.3 is 0 Å². The Morgan fingerprint density at radius 1 is 1.45 bits per heavy atom. The Morgan fingerprint density at radius 2 is 2.35 bits per heavy atom. The molecule has 0 spiro atoms. The predicted octanol–water partition coefficient (Wildman–Crippen LogP) is 2.47. The van der Waals surface area contributed by atoms with Gasteiger partial charge in [-0.3, -0.25) is 0 Å². The van der Waals surface area contributed by atoms with Gasteiger partial charge in [-0.1, -0.05) is 28.9 Å². The molecule has 2 aromatic rings. The summed E-state index contributed by atoms with van der Waals surface area (Å²) < 4.78 is 5.25. The topological polar surface area (TPSA) is 58.3 Å². The van der Waals surface area contributed by atoms with Crippen LogP contribution in [0.3, 0.4) is 0 Å². The number of aliphatic hydroxyl groups is 1. The first-order valence-corrected chi connectivity index (χ1v) is 7.19. The molecule has 1 aliphatic rings. The molecule has 1 atom stereocenters. The van der Waals surface area contributed by atoms with E-state index in [9.17, 15) is 5.11 Å². The minimum Gasteiger partial charge on any atom is -0.390 e. The van der Waals surface area contributed by atoms with Crippen LogP contribution in [0.1, 0.15) is 29.0 Å². The predicted molar refractivity (Wildman–Crippen MR) is 76.5 cm³/mol. The van der Waals surface area contributed by atoms with Crippen LogP contribution in [-0.2, 0) is 26.0 Å². The van der Waals surface area contributed by atoms with Crippen LogP contribution in [0.2, 0.25) is 5.02 Å². The summed E-state index contributed by atoms with van der Waals surface area (Å²) in [5.41, 5.74) is 2.92.